The lowest BCUT2D eigenvalue weighted by atomic mass is 9.98. The summed E-state index contributed by atoms with van der Waals surface area (Å²) in [5.41, 5.74) is -0.0426. The van der Waals surface area contributed by atoms with Gasteiger partial charge >= 0.3 is 0 Å². The molecule has 0 aliphatic rings. The molecular formula is C14H19ClFNO3S. The second-order valence-electron chi connectivity index (χ2n) is 4.82. The third-order valence-electron chi connectivity index (χ3n) is 3.25. The lowest BCUT2D eigenvalue weighted by Gasteiger charge is -2.15. The van der Waals surface area contributed by atoms with E-state index in [2.05, 4.69) is 5.32 Å². The van der Waals surface area contributed by atoms with Crippen molar-refractivity contribution in [2.75, 3.05) is 5.32 Å². The molecule has 7 heteroatoms. The minimum Gasteiger partial charge on any atom is -0.323 e. The van der Waals surface area contributed by atoms with Crippen LogP contribution in [-0.4, -0.2) is 14.3 Å². The summed E-state index contributed by atoms with van der Waals surface area (Å²) in [4.78, 5) is 11.7. The molecule has 1 amide bonds. The molecule has 4 nitrogen and oxygen atoms in total. The molecule has 0 saturated carbocycles. The topological polar surface area (TPSA) is 63.2 Å². The number of amides is 1. The van der Waals surface area contributed by atoms with Crippen molar-refractivity contribution in [3.63, 3.8) is 0 Å². The number of nitrogens with one attached hydrogen (secondary N) is 1. The number of benzene rings is 1. The van der Waals surface area contributed by atoms with Gasteiger partial charge in [-0.2, -0.15) is 0 Å². The van der Waals surface area contributed by atoms with Crippen molar-refractivity contribution in [2.45, 2.75) is 44.4 Å². The van der Waals surface area contributed by atoms with Gasteiger partial charge in [0.1, 0.15) is 5.82 Å². The van der Waals surface area contributed by atoms with E-state index >= 15 is 0 Å². The SMILES string of the molecule is CCCCC(CC)C(=O)Nc1ccc(S(=O)(=O)Cl)cc1F. The molecule has 0 aliphatic carbocycles. The zero-order valence-corrected chi connectivity index (χ0v) is 13.6. The van der Waals surface area contributed by atoms with Crippen LogP contribution in [0.3, 0.4) is 0 Å². The van der Waals surface area contributed by atoms with Crippen molar-refractivity contribution in [3.8, 4) is 0 Å². The first-order chi connectivity index (χ1) is 9.79. The molecule has 0 heterocycles. The summed E-state index contributed by atoms with van der Waals surface area (Å²) in [6, 6.07) is 3.16. The molecule has 118 valence electrons. The van der Waals surface area contributed by atoms with Crippen LogP contribution in [0.5, 0.6) is 0 Å². The van der Waals surface area contributed by atoms with E-state index in [0.29, 0.717) is 6.42 Å². The van der Waals surface area contributed by atoms with Crippen LogP contribution in [0.2, 0.25) is 0 Å². The smallest absolute Gasteiger partial charge is 0.261 e. The number of hydrogen-bond donors (Lipinski definition) is 1. The Morgan fingerprint density at radius 2 is 2.05 bits per heavy atom. The maximum Gasteiger partial charge on any atom is 0.261 e. The number of rotatable bonds is 7. The fraction of sp³-hybridized carbons (Fsp3) is 0.500. The Balaban J connectivity index is 2.85. The Bertz CT molecular complexity index is 604. The van der Waals surface area contributed by atoms with Gasteiger partial charge in [0.25, 0.3) is 9.05 Å². The third-order valence-corrected chi connectivity index (χ3v) is 4.60. The van der Waals surface area contributed by atoms with Crippen molar-refractivity contribution in [3.05, 3.63) is 24.0 Å². The average Bonchev–Trinajstić information content (AvgIpc) is 2.40. The van der Waals surface area contributed by atoms with Gasteiger partial charge in [0.15, 0.2) is 0 Å². The predicted octanol–water partition coefficient (Wildman–Crippen LogP) is 3.91. The number of carbonyl (C=O) groups excluding carboxylic acids is 1. The number of unbranched alkanes of at least 4 members (excludes halogenated alkanes) is 1. The number of halogens is 2. The summed E-state index contributed by atoms with van der Waals surface area (Å²) < 4.78 is 36.0. The van der Waals surface area contributed by atoms with Crippen molar-refractivity contribution in [1.82, 2.24) is 0 Å². The summed E-state index contributed by atoms with van der Waals surface area (Å²) in [5, 5.41) is 2.50. The maximum absolute atomic E-state index is 13.8. The van der Waals surface area contributed by atoms with Crippen LogP contribution >= 0.6 is 10.7 Å². The molecule has 1 aromatic carbocycles. The first kappa shape index (κ1) is 17.9. The molecule has 1 N–H and O–H groups in total. The Kier molecular flexibility index (Phi) is 6.61. The number of hydrogen-bond acceptors (Lipinski definition) is 3. The predicted molar refractivity (Wildman–Crippen MR) is 81.4 cm³/mol. The van der Waals surface area contributed by atoms with E-state index in [1.54, 1.807) is 0 Å². The van der Waals surface area contributed by atoms with Crippen LogP contribution in [0.1, 0.15) is 39.5 Å². The molecule has 0 aliphatic heterocycles. The second-order valence-corrected chi connectivity index (χ2v) is 7.38. The van der Waals surface area contributed by atoms with Crippen molar-refractivity contribution in [1.29, 1.82) is 0 Å². The van der Waals surface area contributed by atoms with Gasteiger partial charge in [-0.1, -0.05) is 26.7 Å². The zero-order chi connectivity index (χ0) is 16.0. The molecule has 1 unspecified atom stereocenters. The van der Waals surface area contributed by atoms with Gasteiger partial charge in [-0.05, 0) is 31.0 Å². The van der Waals surface area contributed by atoms with Crippen molar-refractivity contribution < 1.29 is 17.6 Å². The molecule has 1 atom stereocenters. The Labute approximate surface area is 129 Å². The lowest BCUT2D eigenvalue weighted by Crippen LogP contribution is -2.23. The summed E-state index contributed by atoms with van der Waals surface area (Å²) in [5.74, 6) is -1.26. The van der Waals surface area contributed by atoms with Crippen LogP contribution in [0.15, 0.2) is 23.1 Å². The minimum absolute atomic E-state index is 0.0426. The molecule has 0 bridgehead atoms. The first-order valence-electron chi connectivity index (χ1n) is 6.84. The van der Waals surface area contributed by atoms with Crippen LogP contribution < -0.4 is 5.32 Å². The van der Waals surface area contributed by atoms with Crippen LogP contribution in [-0.2, 0) is 13.8 Å². The van der Waals surface area contributed by atoms with E-state index in [1.165, 1.54) is 6.07 Å². The number of carbonyl (C=O) groups is 1. The molecular weight excluding hydrogens is 317 g/mol. The van der Waals surface area contributed by atoms with E-state index < -0.39 is 14.9 Å². The van der Waals surface area contributed by atoms with Gasteiger partial charge in [-0.25, -0.2) is 12.8 Å². The van der Waals surface area contributed by atoms with Gasteiger partial charge in [-0.3, -0.25) is 4.79 Å². The van der Waals surface area contributed by atoms with E-state index in [0.717, 1.165) is 31.4 Å². The van der Waals surface area contributed by atoms with E-state index in [9.17, 15) is 17.6 Å². The maximum atomic E-state index is 13.8. The fourth-order valence-corrected chi connectivity index (χ4v) is 2.72. The minimum atomic E-state index is -3.98. The lowest BCUT2D eigenvalue weighted by molar-refractivity contribution is -0.120. The summed E-state index contributed by atoms with van der Waals surface area (Å²) in [6.45, 7) is 3.94. The molecule has 0 fully saturated rings. The Morgan fingerprint density at radius 3 is 2.52 bits per heavy atom. The zero-order valence-electron chi connectivity index (χ0n) is 12.0. The van der Waals surface area contributed by atoms with Gasteiger partial charge in [-0.15, -0.1) is 0 Å². The van der Waals surface area contributed by atoms with E-state index in [1.807, 2.05) is 13.8 Å². The molecule has 0 radical (unpaired) electrons. The second kappa shape index (κ2) is 7.75. The highest BCUT2D eigenvalue weighted by Gasteiger charge is 2.19. The van der Waals surface area contributed by atoms with E-state index in [4.69, 9.17) is 10.7 Å². The highest BCUT2D eigenvalue weighted by Crippen LogP contribution is 2.23. The summed E-state index contributed by atoms with van der Waals surface area (Å²) >= 11 is 0. The van der Waals surface area contributed by atoms with Gasteiger partial charge in [0.05, 0.1) is 10.6 Å². The molecule has 0 aromatic heterocycles. The first-order valence-corrected chi connectivity index (χ1v) is 9.15. The van der Waals surface area contributed by atoms with Crippen LogP contribution in [0.4, 0.5) is 10.1 Å². The van der Waals surface area contributed by atoms with Crippen molar-refractivity contribution in [2.24, 2.45) is 5.92 Å². The molecule has 1 rings (SSSR count). The van der Waals surface area contributed by atoms with Gasteiger partial charge in [0, 0.05) is 16.6 Å². The summed E-state index contributed by atoms with van der Waals surface area (Å²) in [7, 11) is 1.15. The van der Waals surface area contributed by atoms with Crippen molar-refractivity contribution >= 4 is 31.3 Å². The Hall–Kier alpha value is -1.14. The molecule has 0 saturated heterocycles. The normalized spacial score (nSPS) is 13.0. The van der Waals surface area contributed by atoms with Gasteiger partial charge in [0.2, 0.25) is 5.91 Å². The molecule has 21 heavy (non-hydrogen) atoms. The molecule has 1 aromatic rings. The highest BCUT2D eigenvalue weighted by atomic mass is 35.7. The molecule has 0 spiro atoms. The fourth-order valence-electron chi connectivity index (χ4n) is 1.95. The quantitative estimate of drug-likeness (QED) is 0.768. The third kappa shape index (κ3) is 5.28. The monoisotopic (exact) mass is 335 g/mol. The standard InChI is InChI=1S/C14H19ClFNO3S/c1-3-5-6-10(4-2)14(18)17-13-8-7-11(9-12(13)16)21(15,19)20/h7-10H,3-6H2,1-2H3,(H,17,18). The Morgan fingerprint density at radius 1 is 1.38 bits per heavy atom. The van der Waals surface area contributed by atoms with E-state index in [-0.39, 0.29) is 22.4 Å². The highest BCUT2D eigenvalue weighted by molar-refractivity contribution is 8.13. The number of anilines is 1. The van der Waals surface area contributed by atoms with Crippen LogP contribution in [0.25, 0.3) is 0 Å². The van der Waals surface area contributed by atoms with Crippen LogP contribution in [0, 0.1) is 11.7 Å². The average molecular weight is 336 g/mol. The largest absolute Gasteiger partial charge is 0.323 e. The summed E-state index contributed by atoms with van der Waals surface area (Å²) in [6.07, 6.45) is 3.33. The van der Waals surface area contributed by atoms with Gasteiger partial charge < -0.3 is 5.32 Å².